The zero-order valence-electron chi connectivity index (χ0n) is 15.0. The van der Waals surface area contributed by atoms with Gasteiger partial charge in [0.25, 0.3) is 5.91 Å². The molecule has 3 N–H and O–H groups in total. The molecular weight excluding hydrogens is 316 g/mol. The van der Waals surface area contributed by atoms with Gasteiger partial charge in [0.05, 0.1) is 6.61 Å². The van der Waals surface area contributed by atoms with E-state index in [4.69, 9.17) is 9.84 Å². The van der Waals surface area contributed by atoms with E-state index in [0.717, 1.165) is 17.0 Å². The van der Waals surface area contributed by atoms with Crippen LogP contribution >= 0.6 is 0 Å². The number of hydrogen-bond donors (Lipinski definition) is 3. The minimum atomic E-state index is -0.257. The summed E-state index contributed by atoms with van der Waals surface area (Å²) in [5.74, 6) is 0.721. The van der Waals surface area contributed by atoms with E-state index >= 15 is 0 Å². The molecule has 0 aromatic heterocycles. The van der Waals surface area contributed by atoms with Crippen LogP contribution in [0.25, 0.3) is 0 Å². The van der Waals surface area contributed by atoms with Gasteiger partial charge in [-0.05, 0) is 62.2 Å². The van der Waals surface area contributed by atoms with Crippen LogP contribution in [0.15, 0.2) is 42.5 Å². The summed E-state index contributed by atoms with van der Waals surface area (Å²) in [6.07, 6.45) is 0. The average molecular weight is 342 g/mol. The van der Waals surface area contributed by atoms with Gasteiger partial charge in [-0.3, -0.25) is 4.79 Å². The standard InChI is InChI=1S/C20H26N2O3/c1-14-4-5-15(2)19(12-14)25-11-10-21-18-8-6-17(7-9-18)20(24)22-16(3)13-23/h4-9,12,16,21,23H,10-11,13H2,1-3H3,(H,22,24). The summed E-state index contributed by atoms with van der Waals surface area (Å²) in [4.78, 5) is 11.9. The van der Waals surface area contributed by atoms with E-state index < -0.39 is 0 Å². The lowest BCUT2D eigenvalue weighted by Crippen LogP contribution is -2.34. The van der Waals surface area contributed by atoms with E-state index in [2.05, 4.69) is 22.8 Å². The summed E-state index contributed by atoms with van der Waals surface area (Å²) < 4.78 is 5.81. The lowest BCUT2D eigenvalue weighted by molar-refractivity contribution is 0.0922. The van der Waals surface area contributed by atoms with E-state index in [9.17, 15) is 4.79 Å². The van der Waals surface area contributed by atoms with Crippen LogP contribution in [-0.4, -0.2) is 36.8 Å². The third kappa shape index (κ3) is 5.80. The minimum Gasteiger partial charge on any atom is -0.491 e. The first-order valence-corrected chi connectivity index (χ1v) is 8.45. The van der Waals surface area contributed by atoms with Crippen molar-refractivity contribution in [3.05, 3.63) is 59.2 Å². The Labute approximate surface area is 149 Å². The maximum atomic E-state index is 11.9. The Hall–Kier alpha value is -2.53. The summed E-state index contributed by atoms with van der Waals surface area (Å²) in [6, 6.07) is 13.1. The molecule has 0 radical (unpaired) electrons. The van der Waals surface area contributed by atoms with E-state index in [1.54, 1.807) is 19.1 Å². The fraction of sp³-hybridized carbons (Fsp3) is 0.350. The van der Waals surface area contributed by atoms with Gasteiger partial charge in [0.1, 0.15) is 12.4 Å². The minimum absolute atomic E-state index is 0.0776. The topological polar surface area (TPSA) is 70.6 Å². The highest BCUT2D eigenvalue weighted by Gasteiger charge is 2.08. The fourth-order valence-electron chi connectivity index (χ4n) is 2.31. The maximum Gasteiger partial charge on any atom is 0.251 e. The molecule has 1 amide bonds. The Bertz CT molecular complexity index is 699. The fourth-order valence-corrected chi connectivity index (χ4v) is 2.31. The van der Waals surface area contributed by atoms with Crippen molar-refractivity contribution in [1.29, 1.82) is 0 Å². The lowest BCUT2D eigenvalue weighted by Gasteiger charge is -2.12. The number of carbonyl (C=O) groups excluding carboxylic acids is 1. The predicted octanol–water partition coefficient (Wildman–Crippen LogP) is 2.90. The summed E-state index contributed by atoms with van der Waals surface area (Å²) in [5, 5.41) is 15.0. The van der Waals surface area contributed by atoms with Crippen LogP contribution in [0.2, 0.25) is 0 Å². The molecule has 0 aliphatic heterocycles. The molecule has 1 unspecified atom stereocenters. The van der Waals surface area contributed by atoms with E-state index in [1.807, 2.05) is 32.0 Å². The van der Waals surface area contributed by atoms with Crippen LogP contribution in [0.1, 0.15) is 28.4 Å². The Morgan fingerprint density at radius 3 is 2.56 bits per heavy atom. The van der Waals surface area contributed by atoms with Crippen LogP contribution in [0.4, 0.5) is 5.69 Å². The molecule has 0 heterocycles. The zero-order valence-corrected chi connectivity index (χ0v) is 15.0. The first-order chi connectivity index (χ1) is 12.0. The van der Waals surface area contributed by atoms with Gasteiger partial charge in [-0.2, -0.15) is 0 Å². The second-order valence-electron chi connectivity index (χ2n) is 6.18. The van der Waals surface area contributed by atoms with Gasteiger partial charge in [-0.15, -0.1) is 0 Å². The van der Waals surface area contributed by atoms with Gasteiger partial charge < -0.3 is 20.5 Å². The molecule has 0 bridgehead atoms. The van der Waals surface area contributed by atoms with Gasteiger partial charge in [0, 0.05) is 23.8 Å². The molecular formula is C20H26N2O3. The smallest absolute Gasteiger partial charge is 0.251 e. The molecule has 0 aliphatic rings. The van der Waals surface area contributed by atoms with Gasteiger partial charge in [0.2, 0.25) is 0 Å². The number of amides is 1. The normalized spacial score (nSPS) is 11.7. The molecule has 0 saturated heterocycles. The Morgan fingerprint density at radius 1 is 1.16 bits per heavy atom. The SMILES string of the molecule is Cc1ccc(C)c(OCCNc2ccc(C(=O)NC(C)CO)cc2)c1. The molecule has 0 saturated carbocycles. The molecule has 2 aromatic carbocycles. The highest BCUT2D eigenvalue weighted by molar-refractivity contribution is 5.94. The second-order valence-corrected chi connectivity index (χ2v) is 6.18. The van der Waals surface area contributed by atoms with Crippen molar-refractivity contribution in [3.8, 4) is 5.75 Å². The summed E-state index contributed by atoms with van der Waals surface area (Å²) in [6.45, 7) is 6.98. The molecule has 0 fully saturated rings. The number of aliphatic hydroxyl groups is 1. The molecule has 134 valence electrons. The second kappa shape index (κ2) is 9.08. The monoisotopic (exact) mass is 342 g/mol. The number of nitrogens with one attached hydrogen (secondary N) is 2. The molecule has 5 heteroatoms. The van der Waals surface area contributed by atoms with E-state index in [1.165, 1.54) is 5.56 Å². The Kier molecular flexibility index (Phi) is 6.83. The maximum absolute atomic E-state index is 11.9. The van der Waals surface area contributed by atoms with Crippen molar-refractivity contribution < 1.29 is 14.6 Å². The molecule has 2 aromatic rings. The lowest BCUT2D eigenvalue weighted by atomic mass is 10.1. The van der Waals surface area contributed by atoms with Crippen LogP contribution < -0.4 is 15.4 Å². The Balaban J connectivity index is 1.79. The van der Waals surface area contributed by atoms with E-state index in [0.29, 0.717) is 18.7 Å². The van der Waals surface area contributed by atoms with Crippen molar-refractivity contribution in [2.75, 3.05) is 25.1 Å². The molecule has 25 heavy (non-hydrogen) atoms. The first-order valence-electron chi connectivity index (χ1n) is 8.45. The Morgan fingerprint density at radius 2 is 1.88 bits per heavy atom. The first kappa shape index (κ1) is 18.8. The molecule has 2 rings (SSSR count). The summed E-state index contributed by atoms with van der Waals surface area (Å²) >= 11 is 0. The van der Waals surface area contributed by atoms with Crippen LogP contribution in [-0.2, 0) is 0 Å². The van der Waals surface area contributed by atoms with Crippen molar-refractivity contribution >= 4 is 11.6 Å². The quantitative estimate of drug-likeness (QED) is 0.645. The van der Waals surface area contributed by atoms with Crippen molar-refractivity contribution in [3.63, 3.8) is 0 Å². The molecule has 1 atom stereocenters. The van der Waals surface area contributed by atoms with Gasteiger partial charge in [-0.25, -0.2) is 0 Å². The van der Waals surface area contributed by atoms with Crippen molar-refractivity contribution in [1.82, 2.24) is 5.32 Å². The van der Waals surface area contributed by atoms with Gasteiger partial charge >= 0.3 is 0 Å². The molecule has 0 spiro atoms. The van der Waals surface area contributed by atoms with Gasteiger partial charge in [-0.1, -0.05) is 12.1 Å². The largest absolute Gasteiger partial charge is 0.491 e. The predicted molar refractivity (Wildman–Crippen MR) is 100 cm³/mol. The number of hydrogen-bond acceptors (Lipinski definition) is 4. The third-order valence-corrected chi connectivity index (χ3v) is 3.83. The molecule has 5 nitrogen and oxygen atoms in total. The number of ether oxygens (including phenoxy) is 1. The van der Waals surface area contributed by atoms with Crippen molar-refractivity contribution in [2.24, 2.45) is 0 Å². The number of carbonyl (C=O) groups is 1. The third-order valence-electron chi connectivity index (χ3n) is 3.83. The van der Waals surface area contributed by atoms with Crippen LogP contribution in [0.3, 0.4) is 0 Å². The number of aliphatic hydroxyl groups excluding tert-OH is 1. The number of rotatable bonds is 8. The van der Waals surface area contributed by atoms with Crippen LogP contribution in [0.5, 0.6) is 5.75 Å². The summed E-state index contributed by atoms with van der Waals surface area (Å²) in [5.41, 5.74) is 3.80. The van der Waals surface area contributed by atoms with E-state index in [-0.39, 0.29) is 18.6 Å². The highest BCUT2D eigenvalue weighted by Crippen LogP contribution is 2.19. The number of aryl methyl sites for hydroxylation is 2. The zero-order chi connectivity index (χ0) is 18.2. The number of benzene rings is 2. The van der Waals surface area contributed by atoms with Crippen molar-refractivity contribution in [2.45, 2.75) is 26.8 Å². The summed E-state index contributed by atoms with van der Waals surface area (Å²) in [7, 11) is 0. The van der Waals surface area contributed by atoms with Crippen LogP contribution in [0, 0.1) is 13.8 Å². The highest BCUT2D eigenvalue weighted by atomic mass is 16.5. The molecule has 0 aliphatic carbocycles. The average Bonchev–Trinajstić information content (AvgIpc) is 2.61. The van der Waals surface area contributed by atoms with Gasteiger partial charge in [0.15, 0.2) is 0 Å². The number of anilines is 1.